The van der Waals surface area contributed by atoms with Crippen molar-refractivity contribution in [3.05, 3.63) is 55.7 Å². The molecule has 1 aromatic carbocycles. The summed E-state index contributed by atoms with van der Waals surface area (Å²) < 4.78 is 0. The normalized spacial score (nSPS) is 12.7. The fourth-order valence-electron chi connectivity index (χ4n) is 1.74. The number of hydrazine groups is 1. The maximum absolute atomic E-state index is 6.14. The summed E-state index contributed by atoms with van der Waals surface area (Å²) in [6.45, 7) is 2.03. The van der Waals surface area contributed by atoms with E-state index in [0.29, 0.717) is 5.02 Å². The van der Waals surface area contributed by atoms with Gasteiger partial charge >= 0.3 is 0 Å². The predicted molar refractivity (Wildman–Crippen MR) is 74.7 cm³/mol. The monoisotopic (exact) mass is 286 g/mol. The Labute approximate surface area is 114 Å². The molecule has 0 radical (unpaired) electrons. The SMILES string of the molecule is Cc1ccc(Cl)cc1C(NN)c1sccc1Cl. The zero-order valence-electron chi connectivity index (χ0n) is 9.21. The molecule has 0 aliphatic rings. The van der Waals surface area contributed by atoms with Crippen LogP contribution in [0.25, 0.3) is 0 Å². The molecule has 1 heterocycles. The van der Waals surface area contributed by atoms with Gasteiger partial charge in [-0.25, -0.2) is 5.43 Å². The van der Waals surface area contributed by atoms with Gasteiger partial charge in [0, 0.05) is 9.90 Å². The fourth-order valence-corrected chi connectivity index (χ4v) is 3.16. The van der Waals surface area contributed by atoms with Gasteiger partial charge in [0.1, 0.15) is 0 Å². The number of aryl methyl sites for hydroxylation is 1. The summed E-state index contributed by atoms with van der Waals surface area (Å²) >= 11 is 13.7. The molecule has 0 bridgehead atoms. The number of nitrogens with one attached hydrogen (secondary N) is 1. The maximum atomic E-state index is 6.14. The van der Waals surface area contributed by atoms with E-state index in [2.05, 4.69) is 5.43 Å². The Bertz CT molecular complexity index is 525. The molecule has 1 atom stereocenters. The van der Waals surface area contributed by atoms with E-state index >= 15 is 0 Å². The van der Waals surface area contributed by atoms with Crippen LogP contribution in [-0.2, 0) is 0 Å². The van der Waals surface area contributed by atoms with Crippen LogP contribution in [0.4, 0.5) is 0 Å². The molecule has 2 rings (SSSR count). The summed E-state index contributed by atoms with van der Waals surface area (Å²) in [6, 6.07) is 7.50. The second-order valence-electron chi connectivity index (χ2n) is 3.73. The van der Waals surface area contributed by atoms with Gasteiger partial charge in [-0.1, -0.05) is 29.3 Å². The van der Waals surface area contributed by atoms with Crippen LogP contribution >= 0.6 is 34.5 Å². The van der Waals surface area contributed by atoms with Crippen LogP contribution < -0.4 is 11.3 Å². The molecule has 2 nitrogen and oxygen atoms in total. The minimum atomic E-state index is -0.124. The molecule has 90 valence electrons. The molecule has 1 unspecified atom stereocenters. The highest BCUT2D eigenvalue weighted by Crippen LogP contribution is 2.34. The van der Waals surface area contributed by atoms with Gasteiger partial charge in [0.05, 0.1) is 11.1 Å². The zero-order chi connectivity index (χ0) is 12.4. The second kappa shape index (κ2) is 5.38. The lowest BCUT2D eigenvalue weighted by Gasteiger charge is -2.18. The summed E-state index contributed by atoms with van der Waals surface area (Å²) in [4.78, 5) is 1.000. The lowest BCUT2D eigenvalue weighted by Crippen LogP contribution is -2.29. The van der Waals surface area contributed by atoms with Crippen molar-refractivity contribution in [2.24, 2.45) is 5.84 Å². The molecule has 0 aliphatic carbocycles. The van der Waals surface area contributed by atoms with Crippen LogP contribution in [0.5, 0.6) is 0 Å². The average molecular weight is 287 g/mol. The molecular weight excluding hydrogens is 275 g/mol. The van der Waals surface area contributed by atoms with Gasteiger partial charge in [0.2, 0.25) is 0 Å². The smallest absolute Gasteiger partial charge is 0.0820 e. The second-order valence-corrected chi connectivity index (χ2v) is 5.52. The van der Waals surface area contributed by atoms with Crippen LogP contribution in [0.15, 0.2) is 29.6 Å². The Hall–Kier alpha value is -0.580. The quantitative estimate of drug-likeness (QED) is 0.663. The van der Waals surface area contributed by atoms with Gasteiger partial charge in [-0.05, 0) is 41.6 Å². The Morgan fingerprint density at radius 1 is 1.29 bits per heavy atom. The summed E-state index contributed by atoms with van der Waals surface area (Å²) in [7, 11) is 0. The lowest BCUT2D eigenvalue weighted by atomic mass is 10.0. The third kappa shape index (κ3) is 2.64. The first-order valence-electron chi connectivity index (χ1n) is 5.08. The van der Waals surface area contributed by atoms with Crippen LogP contribution in [0, 0.1) is 6.92 Å². The number of halogens is 2. The third-order valence-electron chi connectivity index (χ3n) is 2.63. The number of benzene rings is 1. The topological polar surface area (TPSA) is 38.0 Å². The van der Waals surface area contributed by atoms with Crippen molar-refractivity contribution < 1.29 is 0 Å². The van der Waals surface area contributed by atoms with Crippen LogP contribution in [0.3, 0.4) is 0 Å². The molecule has 3 N–H and O–H groups in total. The first-order chi connectivity index (χ1) is 8.13. The molecule has 0 spiro atoms. The lowest BCUT2D eigenvalue weighted by molar-refractivity contribution is 0.643. The van der Waals surface area contributed by atoms with Gasteiger partial charge in [0.15, 0.2) is 0 Å². The fraction of sp³-hybridized carbons (Fsp3) is 0.167. The molecule has 17 heavy (non-hydrogen) atoms. The highest BCUT2D eigenvalue weighted by Gasteiger charge is 2.18. The molecule has 1 aromatic heterocycles. The van der Waals surface area contributed by atoms with Gasteiger partial charge in [-0.15, -0.1) is 11.3 Å². The summed E-state index contributed by atoms with van der Waals surface area (Å²) in [6.07, 6.45) is 0. The van der Waals surface area contributed by atoms with E-state index < -0.39 is 0 Å². The molecule has 2 aromatic rings. The van der Waals surface area contributed by atoms with Crippen molar-refractivity contribution in [2.75, 3.05) is 0 Å². The molecular formula is C12H12Cl2N2S. The van der Waals surface area contributed by atoms with E-state index in [0.717, 1.165) is 21.0 Å². The molecule has 0 aliphatic heterocycles. The van der Waals surface area contributed by atoms with E-state index in [1.807, 2.05) is 36.6 Å². The van der Waals surface area contributed by atoms with Crippen LogP contribution in [-0.4, -0.2) is 0 Å². The van der Waals surface area contributed by atoms with Gasteiger partial charge < -0.3 is 0 Å². The number of rotatable bonds is 3. The Morgan fingerprint density at radius 3 is 2.65 bits per heavy atom. The van der Waals surface area contributed by atoms with Crippen molar-refractivity contribution in [1.29, 1.82) is 0 Å². The van der Waals surface area contributed by atoms with E-state index in [1.165, 1.54) is 0 Å². The standard InChI is InChI=1S/C12H12Cl2N2S/c1-7-2-3-8(13)6-9(7)11(16-15)12-10(14)4-5-17-12/h2-6,11,16H,15H2,1H3. The van der Waals surface area contributed by atoms with Gasteiger partial charge in [-0.3, -0.25) is 5.84 Å². The van der Waals surface area contributed by atoms with Crippen molar-refractivity contribution in [1.82, 2.24) is 5.43 Å². The van der Waals surface area contributed by atoms with Crippen molar-refractivity contribution in [3.8, 4) is 0 Å². The summed E-state index contributed by atoms with van der Waals surface area (Å²) in [5.41, 5.74) is 4.97. The Kier molecular flexibility index (Phi) is 4.07. The first kappa shape index (κ1) is 12.9. The van der Waals surface area contributed by atoms with Gasteiger partial charge in [-0.2, -0.15) is 0 Å². The van der Waals surface area contributed by atoms with E-state index in [1.54, 1.807) is 11.3 Å². The van der Waals surface area contributed by atoms with E-state index in [4.69, 9.17) is 29.0 Å². The average Bonchev–Trinajstić information content (AvgIpc) is 2.71. The number of nitrogens with two attached hydrogens (primary N) is 1. The van der Waals surface area contributed by atoms with Crippen LogP contribution in [0.1, 0.15) is 22.0 Å². The van der Waals surface area contributed by atoms with Crippen molar-refractivity contribution in [2.45, 2.75) is 13.0 Å². The molecule has 0 fully saturated rings. The molecule has 0 saturated carbocycles. The minimum Gasteiger partial charge on any atom is -0.271 e. The number of thiophene rings is 1. The highest BCUT2D eigenvalue weighted by atomic mass is 35.5. The Morgan fingerprint density at radius 2 is 2.06 bits per heavy atom. The number of hydrogen-bond donors (Lipinski definition) is 2. The third-order valence-corrected chi connectivity index (χ3v) is 4.28. The predicted octanol–water partition coefficient (Wildman–Crippen LogP) is 3.92. The zero-order valence-corrected chi connectivity index (χ0v) is 11.5. The first-order valence-corrected chi connectivity index (χ1v) is 6.72. The van der Waals surface area contributed by atoms with Crippen LogP contribution in [0.2, 0.25) is 10.0 Å². The number of hydrogen-bond acceptors (Lipinski definition) is 3. The van der Waals surface area contributed by atoms with Crippen molar-refractivity contribution in [3.63, 3.8) is 0 Å². The van der Waals surface area contributed by atoms with Gasteiger partial charge in [0.25, 0.3) is 0 Å². The Balaban J connectivity index is 2.49. The van der Waals surface area contributed by atoms with E-state index in [9.17, 15) is 0 Å². The van der Waals surface area contributed by atoms with E-state index in [-0.39, 0.29) is 6.04 Å². The summed E-state index contributed by atoms with van der Waals surface area (Å²) in [5, 5.41) is 3.36. The molecule has 0 saturated heterocycles. The minimum absolute atomic E-state index is 0.124. The summed E-state index contributed by atoms with van der Waals surface area (Å²) in [5.74, 6) is 5.64. The molecule has 5 heteroatoms. The largest absolute Gasteiger partial charge is 0.271 e. The maximum Gasteiger partial charge on any atom is 0.0820 e. The highest BCUT2D eigenvalue weighted by molar-refractivity contribution is 7.10. The van der Waals surface area contributed by atoms with Crippen molar-refractivity contribution >= 4 is 34.5 Å². The molecule has 0 amide bonds.